The van der Waals surface area contributed by atoms with Gasteiger partial charge in [-0.2, -0.15) is 0 Å². The van der Waals surface area contributed by atoms with Gasteiger partial charge in [-0.15, -0.1) is 0 Å². The lowest BCUT2D eigenvalue weighted by Gasteiger charge is -2.72. The molecule has 11 atom stereocenters. The maximum Gasteiger partial charge on any atom is 0.302 e. The minimum atomic E-state index is -0.138. The molecule has 0 aliphatic heterocycles. The zero-order valence-electron chi connectivity index (χ0n) is 24.7. The van der Waals surface area contributed by atoms with E-state index in [1.54, 1.807) is 13.8 Å². The van der Waals surface area contributed by atoms with E-state index < -0.39 is 0 Å². The number of hydrogen-bond acceptors (Lipinski definition) is 4. The lowest BCUT2D eigenvalue weighted by atomic mass is 9.33. The van der Waals surface area contributed by atoms with Crippen LogP contribution in [0.3, 0.4) is 0 Å². The zero-order valence-corrected chi connectivity index (χ0v) is 24.7. The molecule has 37 heavy (non-hydrogen) atoms. The molecule has 4 heteroatoms. The molecular weight excluding hydrogens is 460 g/mol. The fraction of sp³-hybridized carbons (Fsp3) is 0.879. The van der Waals surface area contributed by atoms with Crippen molar-refractivity contribution in [2.45, 2.75) is 119 Å². The van der Waals surface area contributed by atoms with Crippen LogP contribution in [0.25, 0.3) is 0 Å². The summed E-state index contributed by atoms with van der Waals surface area (Å²) < 4.78 is 11.6. The Hall–Kier alpha value is -1.32. The second-order valence-corrected chi connectivity index (χ2v) is 14.9. The van der Waals surface area contributed by atoms with Crippen LogP contribution in [0.15, 0.2) is 12.2 Å². The average molecular weight is 513 g/mol. The fourth-order valence-corrected chi connectivity index (χ4v) is 11.8. The van der Waals surface area contributed by atoms with Gasteiger partial charge in [0.05, 0.1) is 6.61 Å². The van der Waals surface area contributed by atoms with Crippen LogP contribution >= 0.6 is 0 Å². The van der Waals surface area contributed by atoms with Crippen LogP contribution in [0.2, 0.25) is 0 Å². The summed E-state index contributed by atoms with van der Waals surface area (Å²) in [6, 6.07) is 0. The SMILES string of the molecule is C=C(C)[C@@H]1CC[C@]2(COC(C)=O)CC[C@]3(C)[C@H](CC[C@@H]4[C@@]5(C)CC[C@H](OC(C)=O)C(C)[C@@H]5CC[C@]43C)[C@@H]12. The standard InChI is InChI=1S/C33H52O4/c1-20(2)24-11-16-33(19-36-22(4)34)18-17-31(7)26(29(24)33)9-10-28-30(6)14-13-27(37-23(5)35)21(3)25(30)12-15-32(28,31)8/h21,24-29H,1,9-19H2,2-8H3/t21?,24-,25-,26+,27-,28+,29+,30-,31+,32+,33+/m0/s1. The number of hydrogen-bond donors (Lipinski definition) is 0. The Morgan fingerprint density at radius 2 is 1.54 bits per heavy atom. The Labute approximate surface area is 225 Å². The summed E-state index contributed by atoms with van der Waals surface area (Å²) in [5.74, 6) is 3.30. The Morgan fingerprint density at radius 1 is 0.811 bits per heavy atom. The predicted molar refractivity (Wildman–Crippen MR) is 147 cm³/mol. The van der Waals surface area contributed by atoms with E-state index in [2.05, 4.69) is 41.2 Å². The third kappa shape index (κ3) is 3.88. The number of allylic oxidation sites excluding steroid dienone is 1. The minimum absolute atomic E-state index is 0.0817. The fourth-order valence-electron chi connectivity index (χ4n) is 11.8. The van der Waals surface area contributed by atoms with Crippen molar-refractivity contribution in [2.75, 3.05) is 6.61 Å². The molecule has 0 spiro atoms. The van der Waals surface area contributed by atoms with E-state index >= 15 is 0 Å². The highest BCUT2D eigenvalue weighted by molar-refractivity contribution is 5.66. The van der Waals surface area contributed by atoms with Gasteiger partial charge in [0, 0.05) is 19.3 Å². The lowest BCUT2D eigenvalue weighted by Crippen LogP contribution is -2.65. The summed E-state index contributed by atoms with van der Waals surface area (Å²) in [7, 11) is 0. The van der Waals surface area contributed by atoms with Gasteiger partial charge in [-0.3, -0.25) is 9.59 Å². The third-order valence-corrected chi connectivity index (χ3v) is 13.6. The number of esters is 2. The molecule has 5 saturated carbocycles. The summed E-state index contributed by atoms with van der Waals surface area (Å²) in [5, 5.41) is 0. The molecule has 0 N–H and O–H groups in total. The molecule has 0 aromatic rings. The van der Waals surface area contributed by atoms with Crippen LogP contribution in [0.1, 0.15) is 113 Å². The molecule has 5 aliphatic carbocycles. The van der Waals surface area contributed by atoms with E-state index in [4.69, 9.17) is 9.47 Å². The van der Waals surface area contributed by atoms with Crippen LogP contribution < -0.4 is 0 Å². The molecule has 0 amide bonds. The summed E-state index contributed by atoms with van der Waals surface area (Å²) in [5.41, 5.74) is 2.37. The summed E-state index contributed by atoms with van der Waals surface area (Å²) >= 11 is 0. The zero-order chi connectivity index (χ0) is 27.0. The highest BCUT2D eigenvalue weighted by atomic mass is 16.5. The molecule has 0 bridgehead atoms. The molecule has 1 unspecified atom stereocenters. The Kier molecular flexibility index (Phi) is 6.72. The molecule has 4 nitrogen and oxygen atoms in total. The molecule has 5 fully saturated rings. The van der Waals surface area contributed by atoms with Gasteiger partial charge >= 0.3 is 11.9 Å². The molecule has 0 radical (unpaired) electrons. The molecule has 0 aromatic heterocycles. The molecule has 208 valence electrons. The topological polar surface area (TPSA) is 52.6 Å². The van der Waals surface area contributed by atoms with Crippen LogP contribution in [0, 0.1) is 57.2 Å². The summed E-state index contributed by atoms with van der Waals surface area (Å²) in [6.45, 7) is 20.7. The first-order valence-electron chi connectivity index (χ1n) is 15.2. The summed E-state index contributed by atoms with van der Waals surface area (Å²) in [4.78, 5) is 23.7. The molecule has 5 aliphatic rings. The van der Waals surface area contributed by atoms with Gasteiger partial charge in [0.25, 0.3) is 0 Å². The van der Waals surface area contributed by atoms with Gasteiger partial charge in [0.2, 0.25) is 0 Å². The first-order chi connectivity index (χ1) is 17.3. The number of ether oxygens (including phenoxy) is 2. The number of carbonyl (C=O) groups excluding carboxylic acids is 2. The average Bonchev–Trinajstić information content (AvgIpc) is 3.20. The van der Waals surface area contributed by atoms with Crippen molar-refractivity contribution >= 4 is 11.9 Å². The normalized spacial score (nSPS) is 50.6. The molecular formula is C33H52O4. The van der Waals surface area contributed by atoms with Gasteiger partial charge in [-0.1, -0.05) is 39.8 Å². The van der Waals surface area contributed by atoms with Crippen molar-refractivity contribution in [3.63, 3.8) is 0 Å². The van der Waals surface area contributed by atoms with E-state index in [9.17, 15) is 9.59 Å². The highest BCUT2D eigenvalue weighted by Gasteiger charge is 2.70. The number of fused-ring (bicyclic) bond motifs is 7. The Bertz CT molecular complexity index is 956. The number of carbonyl (C=O) groups is 2. The van der Waals surface area contributed by atoms with Crippen molar-refractivity contribution < 1.29 is 19.1 Å². The van der Waals surface area contributed by atoms with Crippen molar-refractivity contribution in [3.05, 3.63) is 12.2 Å². The second-order valence-electron chi connectivity index (χ2n) is 14.9. The Balaban J connectivity index is 1.47. The first-order valence-corrected chi connectivity index (χ1v) is 15.2. The monoisotopic (exact) mass is 512 g/mol. The van der Waals surface area contributed by atoms with Crippen molar-refractivity contribution in [3.8, 4) is 0 Å². The Morgan fingerprint density at radius 3 is 2.19 bits per heavy atom. The van der Waals surface area contributed by atoms with E-state index in [1.165, 1.54) is 63.4 Å². The van der Waals surface area contributed by atoms with Crippen LogP contribution in [0.4, 0.5) is 0 Å². The van der Waals surface area contributed by atoms with Crippen molar-refractivity contribution in [1.29, 1.82) is 0 Å². The smallest absolute Gasteiger partial charge is 0.302 e. The molecule has 0 aromatic carbocycles. The van der Waals surface area contributed by atoms with Crippen molar-refractivity contribution in [2.24, 2.45) is 57.2 Å². The van der Waals surface area contributed by atoms with Gasteiger partial charge in [0.1, 0.15) is 6.10 Å². The highest BCUT2D eigenvalue weighted by Crippen LogP contribution is 2.76. The molecule has 0 saturated heterocycles. The first kappa shape index (κ1) is 27.3. The molecule has 0 heterocycles. The molecule has 5 rings (SSSR count). The van der Waals surface area contributed by atoms with Crippen LogP contribution in [0.5, 0.6) is 0 Å². The largest absolute Gasteiger partial charge is 0.465 e. The number of rotatable bonds is 4. The minimum Gasteiger partial charge on any atom is -0.465 e. The van der Waals surface area contributed by atoms with Gasteiger partial charge in [-0.25, -0.2) is 0 Å². The van der Waals surface area contributed by atoms with Crippen molar-refractivity contribution in [1.82, 2.24) is 0 Å². The van der Waals surface area contributed by atoms with E-state index in [0.717, 1.165) is 6.42 Å². The van der Waals surface area contributed by atoms with Crippen LogP contribution in [-0.2, 0) is 19.1 Å². The van der Waals surface area contributed by atoms with Crippen LogP contribution in [-0.4, -0.2) is 24.6 Å². The predicted octanol–water partition coefficient (Wildman–Crippen LogP) is 7.75. The van der Waals surface area contributed by atoms with E-state index in [-0.39, 0.29) is 23.5 Å². The maximum absolute atomic E-state index is 11.9. The van der Waals surface area contributed by atoms with E-state index in [0.29, 0.717) is 58.4 Å². The van der Waals surface area contributed by atoms with Gasteiger partial charge in [0.15, 0.2) is 0 Å². The quantitative estimate of drug-likeness (QED) is 0.285. The third-order valence-electron chi connectivity index (χ3n) is 13.6. The maximum atomic E-state index is 11.9. The van der Waals surface area contributed by atoms with Gasteiger partial charge in [-0.05, 0) is 123 Å². The van der Waals surface area contributed by atoms with Gasteiger partial charge < -0.3 is 9.47 Å². The second kappa shape index (κ2) is 9.12. The summed E-state index contributed by atoms with van der Waals surface area (Å²) in [6.07, 6.45) is 12.2. The van der Waals surface area contributed by atoms with E-state index in [1.807, 2.05) is 0 Å². The lowest BCUT2D eigenvalue weighted by molar-refractivity contribution is -0.239.